The molecule has 0 saturated carbocycles. The number of rotatable bonds is 4. The number of aliphatic hydroxyl groups excluding tert-OH is 1. The van der Waals surface area contributed by atoms with E-state index in [2.05, 4.69) is 45.8 Å². The van der Waals surface area contributed by atoms with Gasteiger partial charge in [-0.3, -0.25) is 4.90 Å². The molecule has 0 spiro atoms. The van der Waals surface area contributed by atoms with E-state index in [1.807, 2.05) is 0 Å². The maximum Gasteiger partial charge on any atom is 0.0501 e. The normalized spacial score (nSPS) is 21.4. The summed E-state index contributed by atoms with van der Waals surface area (Å²) in [7, 11) is 2.15. The lowest BCUT2D eigenvalue weighted by molar-refractivity contribution is 0.206. The third-order valence-electron chi connectivity index (χ3n) is 5.29. The predicted octanol–water partition coefficient (Wildman–Crippen LogP) is 2.00. The van der Waals surface area contributed by atoms with E-state index in [1.54, 1.807) is 0 Å². The molecule has 22 heavy (non-hydrogen) atoms. The molecule has 4 heteroatoms. The van der Waals surface area contributed by atoms with Gasteiger partial charge in [-0.25, -0.2) is 0 Å². The second-order valence-electron chi connectivity index (χ2n) is 6.72. The molecule has 2 aliphatic rings. The van der Waals surface area contributed by atoms with E-state index >= 15 is 0 Å². The number of hydrogen-bond donors (Lipinski definition) is 1. The van der Waals surface area contributed by atoms with Crippen molar-refractivity contribution in [2.24, 2.45) is 7.05 Å². The molecule has 4 nitrogen and oxygen atoms in total. The van der Waals surface area contributed by atoms with Crippen LogP contribution in [0.1, 0.15) is 18.4 Å². The minimum Gasteiger partial charge on any atom is -0.396 e. The van der Waals surface area contributed by atoms with E-state index in [4.69, 9.17) is 5.11 Å². The molecule has 118 valence electrons. The summed E-state index contributed by atoms with van der Waals surface area (Å²) in [5.41, 5.74) is 4.29. The molecule has 4 rings (SSSR count). The summed E-state index contributed by atoms with van der Waals surface area (Å²) >= 11 is 0. The fraction of sp³-hybridized carbons (Fsp3) is 0.556. The van der Waals surface area contributed by atoms with Gasteiger partial charge in [0.2, 0.25) is 0 Å². The standard InChI is InChI=1S/C18H25N3O/c1-19-12-14-11-15-13-20(7-2-3-10-22)8-9-21(15)17-6-4-5-16(19)18(14)17/h4-6,12,15,22H,2-3,7-11,13H2,1H3. The third-order valence-corrected chi connectivity index (χ3v) is 5.29. The van der Waals surface area contributed by atoms with Crippen LogP contribution in [0.15, 0.2) is 24.4 Å². The Labute approximate surface area is 131 Å². The number of unbranched alkanes of at least 4 members (excludes halogenated alkanes) is 1. The van der Waals surface area contributed by atoms with Crippen molar-refractivity contribution in [1.29, 1.82) is 0 Å². The van der Waals surface area contributed by atoms with Crippen LogP contribution in [0.3, 0.4) is 0 Å². The summed E-state index contributed by atoms with van der Waals surface area (Å²) in [4.78, 5) is 5.20. The first-order valence-electron chi connectivity index (χ1n) is 8.44. The Kier molecular flexibility index (Phi) is 3.59. The molecule has 0 aliphatic carbocycles. The number of aliphatic hydroxyl groups is 1. The second-order valence-corrected chi connectivity index (χ2v) is 6.72. The average Bonchev–Trinajstić information content (AvgIpc) is 2.85. The van der Waals surface area contributed by atoms with Gasteiger partial charge in [-0.2, -0.15) is 0 Å². The SMILES string of the molecule is Cn1cc2c3c(cccc31)N1CCN(CCCCO)CC1C2. The Morgan fingerprint density at radius 2 is 2.14 bits per heavy atom. The van der Waals surface area contributed by atoms with Crippen LogP contribution in [0.25, 0.3) is 10.9 Å². The number of anilines is 1. The molecule has 0 radical (unpaired) electrons. The summed E-state index contributed by atoms with van der Waals surface area (Å²) < 4.78 is 2.27. The zero-order valence-corrected chi connectivity index (χ0v) is 13.3. The fourth-order valence-corrected chi connectivity index (χ4v) is 4.23. The summed E-state index contributed by atoms with van der Waals surface area (Å²) in [6.45, 7) is 4.85. The maximum absolute atomic E-state index is 8.95. The van der Waals surface area contributed by atoms with Crippen LogP contribution in [0.2, 0.25) is 0 Å². The summed E-state index contributed by atoms with van der Waals surface area (Å²) in [5.74, 6) is 0. The monoisotopic (exact) mass is 299 g/mol. The quantitative estimate of drug-likeness (QED) is 0.876. The maximum atomic E-state index is 8.95. The molecule has 0 amide bonds. The molecule has 1 aromatic heterocycles. The molecule has 1 atom stereocenters. The molecule has 2 aliphatic heterocycles. The van der Waals surface area contributed by atoms with Crippen molar-refractivity contribution in [3.63, 3.8) is 0 Å². The molecule has 1 N–H and O–H groups in total. The van der Waals surface area contributed by atoms with E-state index in [0.717, 1.165) is 45.4 Å². The van der Waals surface area contributed by atoms with Crippen molar-refractivity contribution >= 4 is 16.6 Å². The largest absolute Gasteiger partial charge is 0.396 e. The number of benzene rings is 1. The first-order valence-corrected chi connectivity index (χ1v) is 8.44. The van der Waals surface area contributed by atoms with Crippen LogP contribution in [-0.4, -0.2) is 53.4 Å². The lowest BCUT2D eigenvalue weighted by Gasteiger charge is -2.45. The molecule has 2 aromatic rings. The van der Waals surface area contributed by atoms with Gasteiger partial charge in [-0.1, -0.05) is 6.07 Å². The third kappa shape index (κ3) is 2.22. The molecule has 1 fully saturated rings. The highest BCUT2D eigenvalue weighted by molar-refractivity contribution is 5.97. The van der Waals surface area contributed by atoms with Gasteiger partial charge in [0.25, 0.3) is 0 Å². The topological polar surface area (TPSA) is 31.6 Å². The highest BCUT2D eigenvalue weighted by atomic mass is 16.2. The summed E-state index contributed by atoms with van der Waals surface area (Å²) in [6.07, 6.45) is 5.50. The zero-order chi connectivity index (χ0) is 15.1. The number of aromatic nitrogens is 1. The smallest absolute Gasteiger partial charge is 0.0501 e. The van der Waals surface area contributed by atoms with Gasteiger partial charge in [0, 0.05) is 56.6 Å². The van der Waals surface area contributed by atoms with Gasteiger partial charge in [0.05, 0.1) is 5.52 Å². The van der Waals surface area contributed by atoms with Gasteiger partial charge in [-0.15, -0.1) is 0 Å². The van der Waals surface area contributed by atoms with Crippen molar-refractivity contribution < 1.29 is 5.11 Å². The Bertz CT molecular complexity index is 678. The minimum absolute atomic E-state index is 0.318. The predicted molar refractivity (Wildman–Crippen MR) is 90.5 cm³/mol. The van der Waals surface area contributed by atoms with Gasteiger partial charge < -0.3 is 14.6 Å². The molecular weight excluding hydrogens is 274 g/mol. The first-order chi connectivity index (χ1) is 10.8. The van der Waals surface area contributed by atoms with Crippen LogP contribution >= 0.6 is 0 Å². The van der Waals surface area contributed by atoms with E-state index in [1.165, 1.54) is 22.2 Å². The molecule has 1 saturated heterocycles. The fourth-order valence-electron chi connectivity index (χ4n) is 4.23. The molecular formula is C18H25N3O. The lowest BCUT2D eigenvalue weighted by atomic mass is 9.94. The average molecular weight is 299 g/mol. The van der Waals surface area contributed by atoms with Crippen LogP contribution in [0.5, 0.6) is 0 Å². The molecule has 0 bridgehead atoms. The van der Waals surface area contributed by atoms with Crippen molar-refractivity contribution in [1.82, 2.24) is 9.47 Å². The molecule has 3 heterocycles. The zero-order valence-electron chi connectivity index (χ0n) is 13.3. The number of piperazine rings is 1. The summed E-state index contributed by atoms with van der Waals surface area (Å²) in [5, 5.41) is 10.4. The Morgan fingerprint density at radius 1 is 1.23 bits per heavy atom. The lowest BCUT2D eigenvalue weighted by Crippen LogP contribution is -2.55. The number of aryl methyl sites for hydroxylation is 1. The second kappa shape index (κ2) is 5.60. The van der Waals surface area contributed by atoms with Crippen molar-refractivity contribution in [2.75, 3.05) is 37.7 Å². The highest BCUT2D eigenvalue weighted by Crippen LogP contribution is 2.38. The van der Waals surface area contributed by atoms with Gasteiger partial charge >= 0.3 is 0 Å². The van der Waals surface area contributed by atoms with Gasteiger partial charge in [0.1, 0.15) is 0 Å². The molecule has 1 unspecified atom stereocenters. The van der Waals surface area contributed by atoms with E-state index in [0.29, 0.717) is 12.6 Å². The van der Waals surface area contributed by atoms with E-state index < -0.39 is 0 Å². The van der Waals surface area contributed by atoms with Gasteiger partial charge in [-0.05, 0) is 43.5 Å². The van der Waals surface area contributed by atoms with Crippen molar-refractivity contribution in [3.8, 4) is 0 Å². The van der Waals surface area contributed by atoms with Crippen LogP contribution < -0.4 is 4.90 Å². The highest BCUT2D eigenvalue weighted by Gasteiger charge is 2.33. The first kappa shape index (κ1) is 14.1. The van der Waals surface area contributed by atoms with Crippen LogP contribution in [0.4, 0.5) is 5.69 Å². The van der Waals surface area contributed by atoms with Crippen LogP contribution in [-0.2, 0) is 13.5 Å². The Balaban J connectivity index is 1.58. The Hall–Kier alpha value is -1.52. The number of nitrogens with zero attached hydrogens (tertiary/aromatic N) is 3. The summed E-state index contributed by atoms with van der Waals surface area (Å²) in [6, 6.07) is 7.31. The Morgan fingerprint density at radius 3 is 3.00 bits per heavy atom. The van der Waals surface area contributed by atoms with E-state index in [-0.39, 0.29) is 0 Å². The number of hydrogen-bond acceptors (Lipinski definition) is 3. The van der Waals surface area contributed by atoms with Crippen LogP contribution in [0, 0.1) is 0 Å². The minimum atomic E-state index is 0.318. The van der Waals surface area contributed by atoms with Crippen molar-refractivity contribution in [3.05, 3.63) is 30.0 Å². The van der Waals surface area contributed by atoms with Gasteiger partial charge in [0.15, 0.2) is 0 Å². The van der Waals surface area contributed by atoms with E-state index in [9.17, 15) is 0 Å². The number of fused-ring (bicyclic) bond motifs is 2. The van der Waals surface area contributed by atoms with Crippen molar-refractivity contribution in [2.45, 2.75) is 25.3 Å². The molecule has 1 aromatic carbocycles.